The fourth-order valence-electron chi connectivity index (χ4n) is 3.17. The summed E-state index contributed by atoms with van der Waals surface area (Å²) in [5.74, 6) is 1.38. The number of thioether (sulfide) groups is 1. The summed E-state index contributed by atoms with van der Waals surface area (Å²) < 4.78 is 7.00. The predicted molar refractivity (Wildman–Crippen MR) is 110 cm³/mol. The zero-order valence-electron chi connectivity index (χ0n) is 15.4. The van der Waals surface area contributed by atoms with E-state index in [1.54, 1.807) is 24.3 Å². The van der Waals surface area contributed by atoms with Crippen LogP contribution in [0.25, 0.3) is 10.2 Å². The average molecular weight is 417 g/mol. The predicted octanol–water partition coefficient (Wildman–Crippen LogP) is 3.56. The van der Waals surface area contributed by atoms with Gasteiger partial charge in [0.15, 0.2) is 10.2 Å². The molecule has 0 saturated carbocycles. The standard InChI is InChI=1S/C19H20N4O3S2/c1-12-10-16(22-26-12)21-18(25)13-6-8-23(9-7-13)17(24)11-27-19-20-14-4-2-3-5-15(14)28-19/h2-5,10,13H,6-9,11H2,1H3,(H,21,22,25). The Bertz CT molecular complexity index is 959. The van der Waals surface area contributed by atoms with Crippen molar-refractivity contribution in [3.63, 3.8) is 0 Å². The van der Waals surface area contributed by atoms with Crippen molar-refractivity contribution in [3.8, 4) is 0 Å². The van der Waals surface area contributed by atoms with E-state index in [2.05, 4.69) is 15.5 Å². The molecule has 1 aromatic carbocycles. The average Bonchev–Trinajstić information content (AvgIpc) is 3.31. The molecule has 28 heavy (non-hydrogen) atoms. The Balaban J connectivity index is 1.25. The number of hydrogen-bond donors (Lipinski definition) is 1. The number of amides is 2. The number of para-hydroxylation sites is 1. The summed E-state index contributed by atoms with van der Waals surface area (Å²) in [6.45, 7) is 2.96. The molecule has 1 aliphatic heterocycles. The second-order valence-electron chi connectivity index (χ2n) is 6.70. The molecule has 1 saturated heterocycles. The van der Waals surface area contributed by atoms with Crippen LogP contribution in [0.5, 0.6) is 0 Å². The summed E-state index contributed by atoms with van der Waals surface area (Å²) in [4.78, 5) is 31.2. The zero-order valence-corrected chi connectivity index (χ0v) is 17.0. The molecule has 1 N–H and O–H groups in total. The van der Waals surface area contributed by atoms with E-state index in [1.165, 1.54) is 11.8 Å². The number of anilines is 1. The molecule has 146 valence electrons. The Labute approximate surface area is 170 Å². The summed E-state index contributed by atoms with van der Waals surface area (Å²) in [5, 5.41) is 6.56. The molecule has 0 aliphatic carbocycles. The Hall–Kier alpha value is -2.39. The highest BCUT2D eigenvalue weighted by Gasteiger charge is 2.28. The first-order chi connectivity index (χ1) is 13.6. The van der Waals surface area contributed by atoms with Crippen LogP contribution in [0.1, 0.15) is 18.6 Å². The topological polar surface area (TPSA) is 88.3 Å². The third-order valence-corrected chi connectivity index (χ3v) is 6.86. The van der Waals surface area contributed by atoms with Crippen molar-refractivity contribution in [2.24, 2.45) is 5.92 Å². The number of hydrogen-bond acceptors (Lipinski definition) is 7. The molecular formula is C19H20N4O3S2. The first-order valence-electron chi connectivity index (χ1n) is 9.09. The molecule has 7 nitrogen and oxygen atoms in total. The lowest BCUT2D eigenvalue weighted by Crippen LogP contribution is -2.42. The van der Waals surface area contributed by atoms with E-state index >= 15 is 0 Å². The van der Waals surface area contributed by atoms with Crippen molar-refractivity contribution in [1.82, 2.24) is 15.0 Å². The maximum Gasteiger partial charge on any atom is 0.233 e. The highest BCUT2D eigenvalue weighted by atomic mass is 32.2. The van der Waals surface area contributed by atoms with Crippen LogP contribution < -0.4 is 5.32 Å². The van der Waals surface area contributed by atoms with Crippen LogP contribution in [0.4, 0.5) is 5.82 Å². The van der Waals surface area contributed by atoms with E-state index in [9.17, 15) is 9.59 Å². The normalized spacial score (nSPS) is 15.1. The van der Waals surface area contributed by atoms with Gasteiger partial charge in [0, 0.05) is 25.1 Å². The SMILES string of the molecule is Cc1cc(NC(=O)C2CCN(C(=O)CSc3nc4ccccc4s3)CC2)no1. The summed E-state index contributed by atoms with van der Waals surface area (Å²) in [6.07, 6.45) is 1.31. The van der Waals surface area contributed by atoms with E-state index < -0.39 is 0 Å². The maximum atomic E-state index is 12.5. The van der Waals surface area contributed by atoms with Crippen LogP contribution in [0.3, 0.4) is 0 Å². The van der Waals surface area contributed by atoms with Crippen LogP contribution in [-0.2, 0) is 9.59 Å². The van der Waals surface area contributed by atoms with Gasteiger partial charge >= 0.3 is 0 Å². The second kappa shape index (κ2) is 8.32. The molecule has 4 rings (SSSR count). The molecule has 2 amide bonds. The van der Waals surface area contributed by atoms with Crippen molar-refractivity contribution >= 4 is 50.9 Å². The van der Waals surface area contributed by atoms with E-state index in [4.69, 9.17) is 4.52 Å². The van der Waals surface area contributed by atoms with Crippen molar-refractivity contribution in [1.29, 1.82) is 0 Å². The van der Waals surface area contributed by atoms with Crippen molar-refractivity contribution in [3.05, 3.63) is 36.1 Å². The van der Waals surface area contributed by atoms with Crippen LogP contribution in [-0.4, -0.2) is 45.7 Å². The summed E-state index contributed by atoms with van der Waals surface area (Å²) in [6, 6.07) is 9.66. The molecule has 1 fully saturated rings. The number of rotatable bonds is 5. The highest BCUT2D eigenvalue weighted by Crippen LogP contribution is 2.29. The van der Waals surface area contributed by atoms with Crippen LogP contribution >= 0.6 is 23.1 Å². The lowest BCUT2D eigenvalue weighted by molar-refractivity contribution is -0.132. The number of aromatic nitrogens is 2. The number of carbonyl (C=O) groups excluding carboxylic acids is 2. The van der Waals surface area contributed by atoms with E-state index in [-0.39, 0.29) is 17.7 Å². The number of nitrogens with one attached hydrogen (secondary N) is 1. The molecule has 0 unspecified atom stereocenters. The smallest absolute Gasteiger partial charge is 0.233 e. The molecular weight excluding hydrogens is 396 g/mol. The molecule has 0 radical (unpaired) electrons. The lowest BCUT2D eigenvalue weighted by atomic mass is 9.96. The minimum absolute atomic E-state index is 0.0655. The zero-order chi connectivity index (χ0) is 19.5. The van der Waals surface area contributed by atoms with Gasteiger partial charge in [0.05, 0.1) is 16.0 Å². The van der Waals surface area contributed by atoms with Gasteiger partial charge in [0.25, 0.3) is 0 Å². The molecule has 9 heteroatoms. The third-order valence-electron chi connectivity index (χ3n) is 4.69. The number of aryl methyl sites for hydroxylation is 1. The molecule has 0 spiro atoms. The van der Waals surface area contributed by atoms with Crippen molar-refractivity contribution < 1.29 is 14.1 Å². The van der Waals surface area contributed by atoms with Gasteiger partial charge in [-0.3, -0.25) is 9.59 Å². The molecule has 2 aromatic heterocycles. The number of piperidine rings is 1. The molecule has 0 bridgehead atoms. The number of carbonyl (C=O) groups is 2. The minimum Gasteiger partial charge on any atom is -0.360 e. The van der Waals surface area contributed by atoms with Crippen LogP contribution in [0.15, 0.2) is 39.2 Å². The number of thiazole rings is 1. The number of fused-ring (bicyclic) bond motifs is 1. The van der Waals surface area contributed by atoms with Gasteiger partial charge in [-0.05, 0) is 31.9 Å². The molecule has 3 aromatic rings. The van der Waals surface area contributed by atoms with Gasteiger partial charge in [-0.2, -0.15) is 0 Å². The summed E-state index contributed by atoms with van der Waals surface area (Å²) >= 11 is 3.08. The first-order valence-corrected chi connectivity index (χ1v) is 10.9. The Morgan fingerprint density at radius 2 is 2.11 bits per heavy atom. The van der Waals surface area contributed by atoms with Gasteiger partial charge in [0.2, 0.25) is 11.8 Å². The molecule has 0 atom stereocenters. The fraction of sp³-hybridized carbons (Fsp3) is 0.368. The lowest BCUT2D eigenvalue weighted by Gasteiger charge is -2.31. The minimum atomic E-state index is -0.113. The fourth-order valence-corrected chi connectivity index (χ4v) is 5.14. The van der Waals surface area contributed by atoms with E-state index in [0.717, 1.165) is 14.6 Å². The Kier molecular flexibility index (Phi) is 5.63. The maximum absolute atomic E-state index is 12.5. The third kappa shape index (κ3) is 4.36. The van der Waals surface area contributed by atoms with Crippen molar-refractivity contribution in [2.45, 2.75) is 24.1 Å². The first kappa shape index (κ1) is 18.9. The largest absolute Gasteiger partial charge is 0.360 e. The van der Waals surface area contributed by atoms with Crippen LogP contribution in [0, 0.1) is 12.8 Å². The van der Waals surface area contributed by atoms with Crippen molar-refractivity contribution in [2.75, 3.05) is 24.2 Å². The Morgan fingerprint density at radius 1 is 1.32 bits per heavy atom. The van der Waals surface area contributed by atoms with Gasteiger partial charge in [-0.15, -0.1) is 11.3 Å². The van der Waals surface area contributed by atoms with Crippen LogP contribution in [0.2, 0.25) is 0 Å². The van der Waals surface area contributed by atoms with Gasteiger partial charge < -0.3 is 14.7 Å². The van der Waals surface area contributed by atoms with E-state index in [0.29, 0.717) is 43.3 Å². The Morgan fingerprint density at radius 3 is 2.82 bits per heavy atom. The molecule has 3 heterocycles. The molecule has 1 aliphatic rings. The monoisotopic (exact) mass is 416 g/mol. The second-order valence-corrected chi connectivity index (χ2v) is 8.96. The summed E-state index contributed by atoms with van der Waals surface area (Å²) in [7, 11) is 0. The number of likely N-dealkylation sites (tertiary alicyclic amines) is 1. The van der Waals surface area contributed by atoms with E-state index in [1.807, 2.05) is 29.2 Å². The van der Waals surface area contributed by atoms with Gasteiger partial charge in [0.1, 0.15) is 5.76 Å². The quantitative estimate of drug-likeness (QED) is 0.640. The number of nitrogens with zero attached hydrogens (tertiary/aromatic N) is 3. The number of benzene rings is 1. The summed E-state index contributed by atoms with van der Waals surface area (Å²) in [5.41, 5.74) is 0.969. The van der Waals surface area contributed by atoms with Gasteiger partial charge in [-0.1, -0.05) is 29.1 Å². The van der Waals surface area contributed by atoms with Gasteiger partial charge in [-0.25, -0.2) is 4.98 Å². The highest BCUT2D eigenvalue weighted by molar-refractivity contribution is 8.01.